The average Bonchev–Trinajstić information content (AvgIpc) is 2.63. The van der Waals surface area contributed by atoms with Crippen molar-refractivity contribution in [2.75, 3.05) is 12.8 Å². The molecule has 14 heavy (non-hydrogen) atoms. The molecule has 1 aromatic carbocycles. The summed E-state index contributed by atoms with van der Waals surface area (Å²) in [6.45, 7) is 0. The number of methoxy groups -OCH3 is 1. The molecule has 3 nitrogen and oxygen atoms in total. The van der Waals surface area contributed by atoms with E-state index in [4.69, 9.17) is 15.7 Å². The minimum Gasteiger partial charge on any atom is -0.496 e. The molecule has 0 unspecified atom stereocenters. The zero-order valence-corrected chi connectivity index (χ0v) is 8.39. The third-order valence-electron chi connectivity index (χ3n) is 2.05. The maximum absolute atomic E-state index is 8.90. The molecule has 0 atom stereocenters. The van der Waals surface area contributed by atoms with Gasteiger partial charge in [-0.25, -0.2) is 0 Å². The first kappa shape index (κ1) is 8.85. The molecule has 2 N–H and O–H groups in total. The summed E-state index contributed by atoms with van der Waals surface area (Å²) in [6, 6.07) is 5.70. The van der Waals surface area contributed by atoms with E-state index in [-0.39, 0.29) is 0 Å². The molecule has 0 aliphatic heterocycles. The van der Waals surface area contributed by atoms with Gasteiger partial charge in [0.15, 0.2) is 0 Å². The number of benzene rings is 1. The van der Waals surface area contributed by atoms with E-state index in [1.165, 1.54) is 11.3 Å². The zero-order chi connectivity index (χ0) is 10.1. The molecule has 0 saturated heterocycles. The number of anilines is 1. The van der Waals surface area contributed by atoms with Gasteiger partial charge in [0.2, 0.25) is 0 Å². The summed E-state index contributed by atoms with van der Waals surface area (Å²) in [5.74, 6) is 0.701. The standard InChI is InChI=1S/C10H8N2OS/c1-13-8-3-2-7(12)10-9(8)6(4-11)5-14-10/h2-3,5H,12H2,1H3. The van der Waals surface area contributed by atoms with E-state index < -0.39 is 0 Å². The van der Waals surface area contributed by atoms with Crippen LogP contribution in [-0.2, 0) is 0 Å². The summed E-state index contributed by atoms with van der Waals surface area (Å²) in [5.41, 5.74) is 7.10. The second-order valence-corrected chi connectivity index (χ2v) is 3.70. The van der Waals surface area contributed by atoms with Gasteiger partial charge in [0.1, 0.15) is 11.8 Å². The predicted octanol–water partition coefficient (Wildman–Crippen LogP) is 2.36. The zero-order valence-electron chi connectivity index (χ0n) is 7.57. The predicted molar refractivity (Wildman–Crippen MR) is 57.5 cm³/mol. The van der Waals surface area contributed by atoms with Crippen molar-refractivity contribution in [1.82, 2.24) is 0 Å². The molecular weight excluding hydrogens is 196 g/mol. The first-order valence-electron chi connectivity index (χ1n) is 4.01. The number of hydrogen-bond acceptors (Lipinski definition) is 4. The van der Waals surface area contributed by atoms with Crippen molar-refractivity contribution in [1.29, 1.82) is 5.26 Å². The number of nitrogens with zero attached hydrogens (tertiary/aromatic N) is 1. The Morgan fingerprint density at radius 2 is 2.29 bits per heavy atom. The first-order chi connectivity index (χ1) is 6.77. The number of nitrogens with two attached hydrogens (primary N) is 1. The summed E-state index contributed by atoms with van der Waals surface area (Å²) in [6.07, 6.45) is 0. The minimum absolute atomic E-state index is 0.620. The van der Waals surface area contributed by atoms with Crippen molar-refractivity contribution in [3.05, 3.63) is 23.1 Å². The Morgan fingerprint density at radius 3 is 2.93 bits per heavy atom. The molecule has 0 bridgehead atoms. The van der Waals surface area contributed by atoms with Crippen molar-refractivity contribution in [2.24, 2.45) is 0 Å². The quantitative estimate of drug-likeness (QED) is 0.725. The van der Waals surface area contributed by atoms with Crippen molar-refractivity contribution in [3.8, 4) is 11.8 Å². The van der Waals surface area contributed by atoms with Gasteiger partial charge >= 0.3 is 0 Å². The van der Waals surface area contributed by atoms with Gasteiger partial charge in [-0.2, -0.15) is 5.26 Å². The van der Waals surface area contributed by atoms with Crippen LogP contribution in [-0.4, -0.2) is 7.11 Å². The molecular formula is C10H8N2OS. The molecule has 0 radical (unpaired) electrons. The van der Waals surface area contributed by atoms with Crippen molar-refractivity contribution < 1.29 is 4.74 Å². The Hall–Kier alpha value is -1.73. The van der Waals surface area contributed by atoms with Crippen molar-refractivity contribution in [3.63, 3.8) is 0 Å². The number of hydrogen-bond donors (Lipinski definition) is 1. The highest BCUT2D eigenvalue weighted by atomic mass is 32.1. The van der Waals surface area contributed by atoms with Gasteiger partial charge in [-0.1, -0.05) is 0 Å². The molecule has 0 aliphatic carbocycles. The summed E-state index contributed by atoms with van der Waals surface area (Å²) >= 11 is 1.47. The second-order valence-electron chi connectivity index (χ2n) is 2.82. The molecule has 2 rings (SSSR count). The molecule has 2 aromatic rings. The van der Waals surface area contributed by atoms with Crippen LogP contribution in [0.15, 0.2) is 17.5 Å². The number of fused-ring (bicyclic) bond motifs is 1. The van der Waals surface area contributed by atoms with Crippen LogP contribution < -0.4 is 10.5 Å². The van der Waals surface area contributed by atoms with Gasteiger partial charge in [0.25, 0.3) is 0 Å². The smallest absolute Gasteiger partial charge is 0.129 e. The number of nitrogen functional groups attached to an aromatic ring is 1. The molecule has 0 fully saturated rings. The summed E-state index contributed by atoms with van der Waals surface area (Å²) < 4.78 is 6.10. The van der Waals surface area contributed by atoms with E-state index in [1.54, 1.807) is 24.6 Å². The number of rotatable bonds is 1. The van der Waals surface area contributed by atoms with E-state index in [2.05, 4.69) is 6.07 Å². The van der Waals surface area contributed by atoms with Gasteiger partial charge in [-0.3, -0.25) is 0 Å². The van der Waals surface area contributed by atoms with Gasteiger partial charge in [-0.15, -0.1) is 11.3 Å². The van der Waals surface area contributed by atoms with Gasteiger partial charge < -0.3 is 10.5 Å². The lowest BCUT2D eigenvalue weighted by molar-refractivity contribution is 0.420. The fourth-order valence-corrected chi connectivity index (χ4v) is 2.33. The van der Waals surface area contributed by atoms with Gasteiger partial charge in [0, 0.05) is 11.1 Å². The fourth-order valence-electron chi connectivity index (χ4n) is 1.39. The molecule has 4 heteroatoms. The monoisotopic (exact) mass is 204 g/mol. The lowest BCUT2D eigenvalue weighted by Crippen LogP contribution is -1.88. The van der Waals surface area contributed by atoms with Crippen LogP contribution in [0.3, 0.4) is 0 Å². The second kappa shape index (κ2) is 3.20. The third-order valence-corrected chi connectivity index (χ3v) is 3.08. The van der Waals surface area contributed by atoms with Crippen molar-refractivity contribution in [2.45, 2.75) is 0 Å². The van der Waals surface area contributed by atoms with Gasteiger partial charge in [0.05, 0.1) is 22.8 Å². The Balaban J connectivity index is 2.90. The Morgan fingerprint density at radius 1 is 1.50 bits per heavy atom. The van der Waals surface area contributed by atoms with Crippen LogP contribution in [0.25, 0.3) is 10.1 Å². The summed E-state index contributed by atoms with van der Waals surface area (Å²) in [5, 5.41) is 11.5. The molecule has 0 amide bonds. The van der Waals surface area contributed by atoms with E-state index in [0.717, 1.165) is 10.1 Å². The summed E-state index contributed by atoms with van der Waals surface area (Å²) in [7, 11) is 1.59. The summed E-state index contributed by atoms with van der Waals surface area (Å²) in [4.78, 5) is 0. The van der Waals surface area contributed by atoms with Crippen LogP contribution in [0.5, 0.6) is 5.75 Å². The highest BCUT2D eigenvalue weighted by Gasteiger charge is 2.11. The number of thiophene rings is 1. The molecule has 0 saturated carbocycles. The molecule has 0 aliphatic rings. The van der Waals surface area contributed by atoms with Crippen LogP contribution >= 0.6 is 11.3 Å². The molecule has 70 valence electrons. The van der Waals surface area contributed by atoms with Crippen molar-refractivity contribution >= 4 is 27.1 Å². The maximum atomic E-state index is 8.90. The third kappa shape index (κ3) is 1.10. The van der Waals surface area contributed by atoms with E-state index in [0.29, 0.717) is 17.0 Å². The maximum Gasteiger partial charge on any atom is 0.129 e. The molecule has 1 heterocycles. The average molecular weight is 204 g/mol. The number of ether oxygens (including phenoxy) is 1. The Labute approximate surface area is 85.3 Å². The van der Waals surface area contributed by atoms with Crippen LogP contribution in [0, 0.1) is 11.3 Å². The lowest BCUT2D eigenvalue weighted by atomic mass is 10.1. The van der Waals surface area contributed by atoms with E-state index >= 15 is 0 Å². The normalized spacial score (nSPS) is 10.0. The molecule has 0 spiro atoms. The van der Waals surface area contributed by atoms with Crippen LogP contribution in [0.2, 0.25) is 0 Å². The van der Waals surface area contributed by atoms with E-state index in [9.17, 15) is 0 Å². The number of nitriles is 1. The topological polar surface area (TPSA) is 59.0 Å². The SMILES string of the molecule is COc1ccc(N)c2scc(C#N)c12. The fraction of sp³-hybridized carbons (Fsp3) is 0.100. The Kier molecular flexibility index (Phi) is 2.02. The van der Waals surface area contributed by atoms with Crippen LogP contribution in [0.4, 0.5) is 5.69 Å². The van der Waals surface area contributed by atoms with Crippen LogP contribution in [0.1, 0.15) is 5.56 Å². The largest absolute Gasteiger partial charge is 0.496 e. The lowest BCUT2D eigenvalue weighted by Gasteiger charge is -2.03. The highest BCUT2D eigenvalue weighted by molar-refractivity contribution is 7.18. The first-order valence-corrected chi connectivity index (χ1v) is 4.89. The van der Waals surface area contributed by atoms with Gasteiger partial charge in [-0.05, 0) is 12.1 Å². The van der Waals surface area contributed by atoms with E-state index in [1.807, 2.05) is 0 Å². The highest BCUT2D eigenvalue weighted by Crippen LogP contribution is 2.36. The Bertz CT molecular complexity index is 525. The minimum atomic E-state index is 0.620. The molecule has 1 aromatic heterocycles.